The first-order valence-electron chi connectivity index (χ1n) is 12.9. The standard InChI is InChI=1S/C32H27N3O4/c36-30-18-23(32(38)35-16-17-39-21-25(35)20-33-19-24-10-4-7-13-29(24)35)14-15-28(30)34-31(37)27-12-6-5-11-26(27)22-8-2-1-3-9-22/h1-9,11-15,18-20,33H,10,16-17,21H2,(H-,34,36,37,38)/p+1. The summed E-state index contributed by atoms with van der Waals surface area (Å²) in [7, 11) is 0. The Morgan fingerprint density at radius 3 is 2.64 bits per heavy atom. The number of carbonyl (C=O) groups is 2. The number of morpholine rings is 1. The fourth-order valence-corrected chi connectivity index (χ4v) is 5.44. The minimum atomic E-state index is -0.350. The molecule has 1 fully saturated rings. The van der Waals surface area contributed by atoms with Gasteiger partial charge in [-0.15, -0.1) is 0 Å². The van der Waals surface area contributed by atoms with Gasteiger partial charge < -0.3 is 20.5 Å². The molecule has 1 unspecified atom stereocenters. The highest BCUT2D eigenvalue weighted by Crippen LogP contribution is 2.40. The highest BCUT2D eigenvalue weighted by molar-refractivity contribution is 6.09. The second-order valence-corrected chi connectivity index (χ2v) is 9.64. The lowest BCUT2D eigenvalue weighted by molar-refractivity contribution is -0.779. The van der Waals surface area contributed by atoms with Gasteiger partial charge in [0.25, 0.3) is 5.91 Å². The SMILES string of the molecule is O=C(Nc1ccc(C(=O)[N+]23CCOCC2=CNC=C2CC=CC=C23)cc1O)c1ccccc1-c1ccccc1. The smallest absolute Gasteiger partial charge is 0.356 e. The third-order valence-corrected chi connectivity index (χ3v) is 7.38. The summed E-state index contributed by atoms with van der Waals surface area (Å²) in [6.07, 6.45) is 10.5. The van der Waals surface area contributed by atoms with Gasteiger partial charge in [-0.3, -0.25) is 4.79 Å². The minimum absolute atomic E-state index is 0.00122. The van der Waals surface area contributed by atoms with E-state index in [4.69, 9.17) is 4.74 Å². The lowest BCUT2D eigenvalue weighted by Crippen LogP contribution is -2.56. The summed E-state index contributed by atoms with van der Waals surface area (Å²) in [5.74, 6) is -0.690. The van der Waals surface area contributed by atoms with Crippen LogP contribution in [-0.4, -0.2) is 41.2 Å². The van der Waals surface area contributed by atoms with Gasteiger partial charge in [0.2, 0.25) is 0 Å². The molecule has 0 radical (unpaired) electrons. The predicted molar refractivity (Wildman–Crippen MR) is 149 cm³/mol. The molecule has 194 valence electrons. The summed E-state index contributed by atoms with van der Waals surface area (Å²) in [6.45, 7) is 1.19. The van der Waals surface area contributed by atoms with Crippen molar-refractivity contribution < 1.29 is 23.9 Å². The van der Waals surface area contributed by atoms with E-state index in [0.29, 0.717) is 30.9 Å². The van der Waals surface area contributed by atoms with Crippen LogP contribution in [0.15, 0.2) is 120 Å². The molecule has 3 aliphatic rings. The first-order valence-corrected chi connectivity index (χ1v) is 12.9. The number of nitrogens with zero attached hydrogens (tertiary/aromatic N) is 1. The van der Waals surface area contributed by atoms with E-state index < -0.39 is 0 Å². The van der Waals surface area contributed by atoms with Gasteiger partial charge >= 0.3 is 5.91 Å². The number of benzene rings is 3. The maximum Gasteiger partial charge on any atom is 0.356 e. The number of hydrogen-bond acceptors (Lipinski definition) is 5. The van der Waals surface area contributed by atoms with Gasteiger partial charge in [0, 0.05) is 23.4 Å². The summed E-state index contributed by atoms with van der Waals surface area (Å²) in [5, 5.41) is 17.0. The van der Waals surface area contributed by atoms with Gasteiger partial charge in [-0.2, -0.15) is 4.48 Å². The summed E-state index contributed by atoms with van der Waals surface area (Å²) < 4.78 is 5.71. The summed E-state index contributed by atoms with van der Waals surface area (Å²) in [6, 6.07) is 21.7. The summed E-state index contributed by atoms with van der Waals surface area (Å²) in [5.41, 5.74) is 5.50. The molecule has 0 spiro atoms. The van der Waals surface area contributed by atoms with Crippen LogP contribution >= 0.6 is 0 Å². The van der Waals surface area contributed by atoms with Crippen LogP contribution in [0.2, 0.25) is 0 Å². The number of quaternary nitrogens is 1. The number of phenols is 1. The minimum Gasteiger partial charge on any atom is -0.506 e. The zero-order valence-corrected chi connectivity index (χ0v) is 21.3. The highest BCUT2D eigenvalue weighted by atomic mass is 16.5. The molecule has 3 aromatic rings. The number of hydrogen-bond donors (Lipinski definition) is 3. The number of rotatable bonds is 4. The van der Waals surface area contributed by atoms with E-state index in [1.807, 2.05) is 67.0 Å². The molecule has 7 nitrogen and oxygen atoms in total. The first-order chi connectivity index (χ1) is 19.1. The molecule has 0 saturated carbocycles. The molecule has 7 heteroatoms. The first kappa shape index (κ1) is 24.6. The molecule has 2 aliphatic heterocycles. The van der Waals surface area contributed by atoms with Gasteiger partial charge in [0.1, 0.15) is 18.9 Å². The lowest BCUT2D eigenvalue weighted by Gasteiger charge is -2.41. The molecule has 3 aromatic carbocycles. The third-order valence-electron chi connectivity index (χ3n) is 7.38. The predicted octanol–water partition coefficient (Wildman–Crippen LogP) is 5.47. The van der Waals surface area contributed by atoms with Gasteiger partial charge in [-0.05, 0) is 41.8 Å². The van der Waals surface area contributed by atoms with Crippen LogP contribution in [-0.2, 0) is 4.74 Å². The molecule has 0 aromatic heterocycles. The van der Waals surface area contributed by atoms with Crippen LogP contribution in [0.1, 0.15) is 27.1 Å². The Labute approximate surface area is 226 Å². The number of carbonyl (C=O) groups excluding carboxylic acids is 2. The number of allylic oxidation sites excluding steroid dienone is 4. The van der Waals surface area contributed by atoms with Crippen molar-refractivity contribution in [2.75, 3.05) is 25.1 Å². The van der Waals surface area contributed by atoms with Crippen LogP contribution in [0.3, 0.4) is 0 Å². The maximum atomic E-state index is 14.2. The molecule has 1 atom stereocenters. The topological polar surface area (TPSA) is 87.7 Å². The second kappa shape index (κ2) is 10.2. The normalized spacial score (nSPS) is 19.7. The zero-order chi connectivity index (χ0) is 26.8. The molecule has 2 amide bonds. The highest BCUT2D eigenvalue weighted by Gasteiger charge is 2.49. The van der Waals surface area contributed by atoms with Gasteiger partial charge in [0.05, 0.1) is 24.1 Å². The number of amides is 2. The van der Waals surface area contributed by atoms with Crippen molar-refractivity contribution in [1.82, 2.24) is 5.32 Å². The molecule has 3 N–H and O–H groups in total. The zero-order valence-electron chi connectivity index (χ0n) is 21.3. The third kappa shape index (κ3) is 4.37. The molecule has 0 bridgehead atoms. The lowest BCUT2D eigenvalue weighted by atomic mass is 9.98. The molecule has 1 aliphatic carbocycles. The molecular weight excluding hydrogens is 490 g/mol. The van der Waals surface area contributed by atoms with Gasteiger partial charge in [0.15, 0.2) is 11.4 Å². The van der Waals surface area contributed by atoms with E-state index in [1.54, 1.807) is 24.3 Å². The molecular formula is C32H28N3O4+. The number of phenolic OH excluding ortho intramolecular Hbond substituents is 1. The molecule has 2 heterocycles. The van der Waals surface area contributed by atoms with Gasteiger partial charge in [-0.1, -0.05) is 60.7 Å². The van der Waals surface area contributed by atoms with E-state index in [9.17, 15) is 14.7 Å². The molecule has 1 saturated heterocycles. The Morgan fingerprint density at radius 1 is 0.974 bits per heavy atom. The van der Waals surface area contributed by atoms with Crippen molar-refractivity contribution in [1.29, 1.82) is 0 Å². The summed E-state index contributed by atoms with van der Waals surface area (Å²) in [4.78, 5) is 27.5. The van der Waals surface area contributed by atoms with Crippen LogP contribution in [0.25, 0.3) is 11.1 Å². The number of fused-ring (bicyclic) bond motifs is 3. The fraction of sp³-hybridized carbons (Fsp3) is 0.125. The van der Waals surface area contributed by atoms with Crippen molar-refractivity contribution in [3.05, 3.63) is 132 Å². The number of nitrogens with one attached hydrogen (secondary N) is 2. The van der Waals surface area contributed by atoms with Crippen molar-refractivity contribution in [3.63, 3.8) is 0 Å². The Morgan fingerprint density at radius 2 is 1.79 bits per heavy atom. The monoisotopic (exact) mass is 518 g/mol. The van der Waals surface area contributed by atoms with E-state index in [0.717, 1.165) is 34.5 Å². The van der Waals surface area contributed by atoms with E-state index in [1.165, 1.54) is 6.07 Å². The van der Waals surface area contributed by atoms with E-state index in [2.05, 4.69) is 16.7 Å². The number of aromatic hydroxyl groups is 1. The van der Waals surface area contributed by atoms with E-state index in [-0.39, 0.29) is 27.7 Å². The van der Waals surface area contributed by atoms with Crippen LogP contribution < -0.4 is 10.6 Å². The van der Waals surface area contributed by atoms with Crippen molar-refractivity contribution in [2.24, 2.45) is 0 Å². The van der Waals surface area contributed by atoms with Crippen LogP contribution in [0.4, 0.5) is 5.69 Å². The molecule has 6 rings (SSSR count). The second-order valence-electron chi connectivity index (χ2n) is 9.64. The Kier molecular flexibility index (Phi) is 6.44. The quantitative estimate of drug-likeness (QED) is 0.315. The Bertz CT molecular complexity index is 1590. The Hall–Kier alpha value is -4.72. The molecule has 39 heavy (non-hydrogen) atoms. The average Bonchev–Trinajstić information content (AvgIpc) is 3.16. The van der Waals surface area contributed by atoms with E-state index >= 15 is 0 Å². The van der Waals surface area contributed by atoms with Crippen molar-refractivity contribution in [2.45, 2.75) is 6.42 Å². The average molecular weight is 519 g/mol. The maximum absolute atomic E-state index is 14.2. The van der Waals surface area contributed by atoms with Gasteiger partial charge in [-0.25, -0.2) is 4.79 Å². The fourth-order valence-electron chi connectivity index (χ4n) is 5.44. The van der Waals surface area contributed by atoms with Crippen molar-refractivity contribution >= 4 is 17.5 Å². The van der Waals surface area contributed by atoms with Crippen LogP contribution in [0, 0.1) is 0 Å². The van der Waals surface area contributed by atoms with Crippen LogP contribution in [0.5, 0.6) is 5.75 Å². The number of anilines is 1. The van der Waals surface area contributed by atoms with Crippen molar-refractivity contribution in [3.8, 4) is 16.9 Å². The Balaban J connectivity index is 1.31. The number of ether oxygens (including phenoxy) is 1. The largest absolute Gasteiger partial charge is 0.506 e. The summed E-state index contributed by atoms with van der Waals surface area (Å²) >= 11 is 0.